The highest BCUT2D eigenvalue weighted by molar-refractivity contribution is 5.78. The minimum atomic E-state index is 0.183. The molecule has 1 amide bonds. The number of rotatable bonds is 6. The summed E-state index contributed by atoms with van der Waals surface area (Å²) in [7, 11) is 0. The summed E-state index contributed by atoms with van der Waals surface area (Å²) in [5.74, 6) is 1.01. The minimum absolute atomic E-state index is 0.183. The SMILES string of the molecule is CCCOc1ncccc1CNC(=O)C1CCCCCC1. The number of amides is 1. The van der Waals surface area contributed by atoms with Crippen LogP contribution < -0.4 is 10.1 Å². The number of aromatic nitrogens is 1. The van der Waals surface area contributed by atoms with Crippen LogP contribution in [0, 0.1) is 5.92 Å². The molecule has 4 nitrogen and oxygen atoms in total. The predicted octanol–water partition coefficient (Wildman–Crippen LogP) is 3.46. The number of nitrogens with one attached hydrogen (secondary N) is 1. The van der Waals surface area contributed by atoms with Crippen molar-refractivity contribution in [2.24, 2.45) is 5.92 Å². The van der Waals surface area contributed by atoms with E-state index in [1.807, 2.05) is 12.1 Å². The second-order valence-corrected chi connectivity index (χ2v) is 5.72. The minimum Gasteiger partial charge on any atom is -0.477 e. The monoisotopic (exact) mass is 290 g/mol. The Bertz CT molecular complexity index is 440. The average molecular weight is 290 g/mol. The van der Waals surface area contributed by atoms with E-state index in [2.05, 4.69) is 17.2 Å². The lowest BCUT2D eigenvalue weighted by Gasteiger charge is -2.15. The summed E-state index contributed by atoms with van der Waals surface area (Å²) < 4.78 is 5.62. The highest BCUT2D eigenvalue weighted by Gasteiger charge is 2.20. The fraction of sp³-hybridized carbons (Fsp3) is 0.647. The number of hydrogen-bond acceptors (Lipinski definition) is 3. The van der Waals surface area contributed by atoms with Crippen LogP contribution >= 0.6 is 0 Å². The molecule has 1 aromatic rings. The molecule has 0 bridgehead atoms. The zero-order chi connectivity index (χ0) is 14.9. The number of ether oxygens (including phenoxy) is 1. The van der Waals surface area contributed by atoms with E-state index in [0.29, 0.717) is 19.0 Å². The van der Waals surface area contributed by atoms with Crippen molar-refractivity contribution in [2.45, 2.75) is 58.4 Å². The Balaban J connectivity index is 1.88. The van der Waals surface area contributed by atoms with Crippen LogP contribution in [0.5, 0.6) is 5.88 Å². The molecule has 1 aliphatic carbocycles. The lowest BCUT2D eigenvalue weighted by molar-refractivity contribution is -0.125. The Kier molecular flexibility index (Phi) is 6.51. The van der Waals surface area contributed by atoms with Gasteiger partial charge in [-0.15, -0.1) is 0 Å². The van der Waals surface area contributed by atoms with Gasteiger partial charge in [0.15, 0.2) is 0 Å². The van der Waals surface area contributed by atoms with Crippen LogP contribution in [0.4, 0.5) is 0 Å². The molecule has 116 valence electrons. The van der Waals surface area contributed by atoms with Crippen molar-refractivity contribution in [3.05, 3.63) is 23.9 Å². The number of pyridine rings is 1. The van der Waals surface area contributed by atoms with E-state index in [0.717, 1.165) is 24.8 Å². The lowest BCUT2D eigenvalue weighted by atomic mass is 9.99. The zero-order valence-corrected chi connectivity index (χ0v) is 12.9. The fourth-order valence-electron chi connectivity index (χ4n) is 2.76. The van der Waals surface area contributed by atoms with Crippen molar-refractivity contribution < 1.29 is 9.53 Å². The third kappa shape index (κ3) is 5.03. The normalized spacial score (nSPS) is 16.2. The van der Waals surface area contributed by atoms with Crippen LogP contribution in [0.3, 0.4) is 0 Å². The Morgan fingerprint density at radius 2 is 2.10 bits per heavy atom. The maximum atomic E-state index is 12.3. The molecule has 0 atom stereocenters. The Morgan fingerprint density at radius 1 is 1.33 bits per heavy atom. The van der Waals surface area contributed by atoms with Crippen molar-refractivity contribution in [1.82, 2.24) is 10.3 Å². The Labute approximate surface area is 127 Å². The first kappa shape index (κ1) is 15.8. The first-order valence-corrected chi connectivity index (χ1v) is 8.15. The van der Waals surface area contributed by atoms with Crippen LogP contribution in [0.25, 0.3) is 0 Å². The molecule has 0 aromatic carbocycles. The smallest absolute Gasteiger partial charge is 0.223 e. The molecule has 1 fully saturated rings. The fourth-order valence-corrected chi connectivity index (χ4v) is 2.76. The average Bonchev–Trinajstić information content (AvgIpc) is 2.80. The quantitative estimate of drug-likeness (QED) is 0.816. The molecule has 1 saturated carbocycles. The summed E-state index contributed by atoms with van der Waals surface area (Å²) >= 11 is 0. The van der Waals surface area contributed by atoms with Crippen molar-refractivity contribution in [1.29, 1.82) is 0 Å². The van der Waals surface area contributed by atoms with Gasteiger partial charge < -0.3 is 10.1 Å². The van der Waals surface area contributed by atoms with Gasteiger partial charge in [0.05, 0.1) is 6.61 Å². The van der Waals surface area contributed by atoms with Crippen LogP contribution in [-0.4, -0.2) is 17.5 Å². The summed E-state index contributed by atoms with van der Waals surface area (Å²) in [5.41, 5.74) is 0.952. The molecule has 1 aromatic heterocycles. The highest BCUT2D eigenvalue weighted by Crippen LogP contribution is 2.23. The highest BCUT2D eigenvalue weighted by atomic mass is 16.5. The van der Waals surface area contributed by atoms with E-state index in [9.17, 15) is 4.79 Å². The van der Waals surface area contributed by atoms with Gasteiger partial charge in [-0.3, -0.25) is 4.79 Å². The summed E-state index contributed by atoms with van der Waals surface area (Å²) in [6, 6.07) is 3.84. The number of hydrogen-bond donors (Lipinski definition) is 1. The topological polar surface area (TPSA) is 51.2 Å². The lowest BCUT2D eigenvalue weighted by Crippen LogP contribution is -2.30. The molecule has 1 heterocycles. The molecule has 1 N–H and O–H groups in total. The third-order valence-electron chi connectivity index (χ3n) is 3.97. The van der Waals surface area contributed by atoms with Gasteiger partial charge in [-0.2, -0.15) is 0 Å². The zero-order valence-electron chi connectivity index (χ0n) is 12.9. The second kappa shape index (κ2) is 8.65. The molecule has 0 spiro atoms. The van der Waals surface area contributed by atoms with Gasteiger partial charge in [-0.1, -0.05) is 38.7 Å². The standard InChI is InChI=1S/C17H26N2O2/c1-2-12-21-17-15(10-7-11-18-17)13-19-16(20)14-8-5-3-4-6-9-14/h7,10-11,14H,2-6,8-9,12-13H2,1H3,(H,19,20). The summed E-state index contributed by atoms with van der Waals surface area (Å²) in [6.45, 7) is 3.22. The van der Waals surface area contributed by atoms with Gasteiger partial charge >= 0.3 is 0 Å². The van der Waals surface area contributed by atoms with Crippen LogP contribution in [0.2, 0.25) is 0 Å². The summed E-state index contributed by atoms with van der Waals surface area (Å²) in [4.78, 5) is 16.5. The van der Waals surface area contributed by atoms with Crippen molar-refractivity contribution in [3.63, 3.8) is 0 Å². The van der Waals surface area contributed by atoms with E-state index >= 15 is 0 Å². The Hall–Kier alpha value is -1.58. The molecular weight excluding hydrogens is 264 g/mol. The molecule has 1 aliphatic rings. The van der Waals surface area contributed by atoms with Crippen molar-refractivity contribution in [2.75, 3.05) is 6.61 Å². The maximum absolute atomic E-state index is 12.3. The molecule has 4 heteroatoms. The largest absolute Gasteiger partial charge is 0.477 e. The molecular formula is C17H26N2O2. The van der Waals surface area contributed by atoms with Gasteiger partial charge in [-0.25, -0.2) is 4.98 Å². The molecule has 0 unspecified atom stereocenters. The van der Waals surface area contributed by atoms with Crippen LogP contribution in [0.15, 0.2) is 18.3 Å². The van der Waals surface area contributed by atoms with E-state index in [-0.39, 0.29) is 11.8 Å². The molecule has 0 saturated heterocycles. The maximum Gasteiger partial charge on any atom is 0.223 e. The first-order valence-electron chi connectivity index (χ1n) is 8.15. The number of nitrogens with zero attached hydrogens (tertiary/aromatic N) is 1. The summed E-state index contributed by atoms with van der Waals surface area (Å²) in [5, 5.41) is 3.05. The number of carbonyl (C=O) groups is 1. The molecule has 21 heavy (non-hydrogen) atoms. The third-order valence-corrected chi connectivity index (χ3v) is 3.97. The van der Waals surface area contributed by atoms with Crippen LogP contribution in [-0.2, 0) is 11.3 Å². The van der Waals surface area contributed by atoms with E-state index < -0.39 is 0 Å². The summed E-state index contributed by atoms with van der Waals surface area (Å²) in [6.07, 6.45) is 9.61. The van der Waals surface area contributed by atoms with Gasteiger partial charge in [0.1, 0.15) is 0 Å². The van der Waals surface area contributed by atoms with E-state index in [4.69, 9.17) is 4.74 Å². The van der Waals surface area contributed by atoms with Gasteiger partial charge in [-0.05, 0) is 25.3 Å². The first-order chi connectivity index (χ1) is 10.3. The second-order valence-electron chi connectivity index (χ2n) is 5.72. The van der Waals surface area contributed by atoms with Gasteiger partial charge in [0.2, 0.25) is 11.8 Å². The number of carbonyl (C=O) groups excluding carboxylic acids is 1. The van der Waals surface area contributed by atoms with Crippen LogP contribution in [0.1, 0.15) is 57.4 Å². The van der Waals surface area contributed by atoms with Crippen molar-refractivity contribution >= 4 is 5.91 Å². The Morgan fingerprint density at radius 3 is 2.81 bits per heavy atom. The van der Waals surface area contributed by atoms with Gasteiger partial charge in [0, 0.05) is 24.2 Å². The molecule has 0 radical (unpaired) electrons. The molecule has 2 rings (SSSR count). The molecule has 0 aliphatic heterocycles. The van der Waals surface area contributed by atoms with E-state index in [1.165, 1.54) is 25.7 Å². The predicted molar refractivity (Wildman–Crippen MR) is 83.1 cm³/mol. The van der Waals surface area contributed by atoms with Crippen molar-refractivity contribution in [3.8, 4) is 5.88 Å². The van der Waals surface area contributed by atoms with Gasteiger partial charge in [0.25, 0.3) is 0 Å². The van der Waals surface area contributed by atoms with E-state index in [1.54, 1.807) is 6.20 Å².